The molecule has 2 aromatic rings. The number of hydrogen-bond donors (Lipinski definition) is 1. The van der Waals surface area contributed by atoms with E-state index in [-0.39, 0.29) is 11.9 Å². The van der Waals surface area contributed by atoms with E-state index >= 15 is 0 Å². The molecule has 0 spiro atoms. The fraction of sp³-hybridized carbons (Fsp3) is 0.333. The highest BCUT2D eigenvalue weighted by atomic mass is 16.5. The van der Waals surface area contributed by atoms with Crippen LogP contribution < -0.4 is 10.1 Å². The number of carbonyl (C=O) groups is 1. The van der Waals surface area contributed by atoms with Gasteiger partial charge in [-0.05, 0) is 38.2 Å². The normalized spacial score (nSPS) is 12.0. The Hall–Kier alpha value is -2.40. The van der Waals surface area contributed by atoms with Crippen LogP contribution in [0, 0.1) is 0 Å². The van der Waals surface area contributed by atoms with Gasteiger partial charge in [-0.25, -0.2) is 4.98 Å². The Morgan fingerprint density at radius 2 is 1.96 bits per heavy atom. The van der Waals surface area contributed by atoms with Gasteiger partial charge >= 0.3 is 0 Å². The van der Waals surface area contributed by atoms with Crippen molar-refractivity contribution in [2.24, 2.45) is 0 Å². The van der Waals surface area contributed by atoms with E-state index in [2.05, 4.69) is 27.3 Å². The lowest BCUT2D eigenvalue weighted by molar-refractivity contribution is 0.0938. The zero-order chi connectivity index (χ0) is 16.7. The number of amides is 1. The fourth-order valence-electron chi connectivity index (χ4n) is 2.36. The average Bonchev–Trinajstić information content (AvgIpc) is 2.58. The van der Waals surface area contributed by atoms with E-state index < -0.39 is 0 Å². The number of pyridine rings is 1. The van der Waals surface area contributed by atoms with Crippen LogP contribution in [0.2, 0.25) is 0 Å². The SMILES string of the molecule is COc1ncccc1C(=O)NCC(Cc1ccccc1)N(C)C. The van der Waals surface area contributed by atoms with Crippen molar-refractivity contribution in [3.8, 4) is 5.88 Å². The summed E-state index contributed by atoms with van der Waals surface area (Å²) in [6, 6.07) is 13.9. The Labute approximate surface area is 137 Å². The van der Waals surface area contributed by atoms with Gasteiger partial charge in [0.15, 0.2) is 0 Å². The molecule has 5 heteroatoms. The van der Waals surface area contributed by atoms with Crippen molar-refractivity contribution in [2.45, 2.75) is 12.5 Å². The second-order valence-electron chi connectivity index (χ2n) is 5.58. The lowest BCUT2D eigenvalue weighted by Crippen LogP contribution is -2.41. The standard InChI is InChI=1S/C18H23N3O2/c1-21(2)15(12-14-8-5-4-6-9-14)13-20-17(22)16-10-7-11-19-18(16)23-3/h4-11,15H,12-13H2,1-3H3,(H,20,22). The summed E-state index contributed by atoms with van der Waals surface area (Å²) >= 11 is 0. The van der Waals surface area contributed by atoms with Crippen LogP contribution in [0.5, 0.6) is 5.88 Å². The molecule has 0 bridgehead atoms. The molecule has 1 aromatic carbocycles. The second kappa shape index (κ2) is 8.29. The van der Waals surface area contributed by atoms with E-state index in [4.69, 9.17) is 4.74 Å². The first-order chi connectivity index (χ1) is 11.1. The molecule has 0 aliphatic rings. The molecule has 0 saturated carbocycles. The minimum Gasteiger partial charge on any atom is -0.480 e. The summed E-state index contributed by atoms with van der Waals surface area (Å²) in [4.78, 5) is 18.5. The molecule has 1 atom stereocenters. The predicted molar refractivity (Wildman–Crippen MR) is 90.7 cm³/mol. The zero-order valence-electron chi connectivity index (χ0n) is 13.8. The maximum atomic E-state index is 12.4. The molecule has 0 aliphatic carbocycles. The van der Waals surface area contributed by atoms with Gasteiger partial charge in [0, 0.05) is 18.8 Å². The van der Waals surface area contributed by atoms with Crippen LogP contribution in [0.15, 0.2) is 48.7 Å². The third-order valence-corrected chi connectivity index (χ3v) is 3.75. The van der Waals surface area contributed by atoms with Gasteiger partial charge in [0.05, 0.1) is 7.11 Å². The number of aromatic nitrogens is 1. The first-order valence-electron chi connectivity index (χ1n) is 7.59. The van der Waals surface area contributed by atoms with E-state index in [1.807, 2.05) is 32.3 Å². The van der Waals surface area contributed by atoms with Gasteiger partial charge < -0.3 is 15.0 Å². The van der Waals surface area contributed by atoms with Gasteiger partial charge in [-0.3, -0.25) is 4.79 Å². The van der Waals surface area contributed by atoms with Gasteiger partial charge in [0.1, 0.15) is 5.56 Å². The highest BCUT2D eigenvalue weighted by Gasteiger charge is 2.17. The first-order valence-corrected chi connectivity index (χ1v) is 7.59. The van der Waals surface area contributed by atoms with E-state index in [1.165, 1.54) is 12.7 Å². The Morgan fingerprint density at radius 1 is 1.22 bits per heavy atom. The molecule has 5 nitrogen and oxygen atoms in total. The van der Waals surface area contributed by atoms with Crippen molar-refractivity contribution in [1.82, 2.24) is 15.2 Å². The van der Waals surface area contributed by atoms with Gasteiger partial charge in [0.2, 0.25) is 5.88 Å². The molecule has 122 valence electrons. The Morgan fingerprint density at radius 3 is 2.61 bits per heavy atom. The molecule has 1 N–H and O–H groups in total. The quantitative estimate of drug-likeness (QED) is 0.849. The summed E-state index contributed by atoms with van der Waals surface area (Å²) in [6.07, 6.45) is 2.48. The maximum Gasteiger partial charge on any atom is 0.256 e. The van der Waals surface area contributed by atoms with Crippen LogP contribution in [-0.4, -0.2) is 49.6 Å². The molecule has 2 rings (SSSR count). The lowest BCUT2D eigenvalue weighted by atomic mass is 10.1. The van der Waals surface area contributed by atoms with Crippen LogP contribution in [0.4, 0.5) is 0 Å². The molecule has 0 aliphatic heterocycles. The van der Waals surface area contributed by atoms with Crippen LogP contribution in [0.1, 0.15) is 15.9 Å². The second-order valence-corrected chi connectivity index (χ2v) is 5.58. The minimum atomic E-state index is -0.171. The van der Waals surface area contributed by atoms with Gasteiger partial charge in [-0.2, -0.15) is 0 Å². The number of hydrogen-bond acceptors (Lipinski definition) is 4. The van der Waals surface area contributed by atoms with Crippen molar-refractivity contribution in [1.29, 1.82) is 0 Å². The minimum absolute atomic E-state index is 0.171. The summed E-state index contributed by atoms with van der Waals surface area (Å²) in [7, 11) is 5.55. The Balaban J connectivity index is 2.00. The number of nitrogens with zero attached hydrogens (tertiary/aromatic N) is 2. The molecule has 1 amide bonds. The largest absolute Gasteiger partial charge is 0.480 e. The van der Waals surface area contributed by atoms with Crippen molar-refractivity contribution >= 4 is 5.91 Å². The number of likely N-dealkylation sites (N-methyl/N-ethyl adjacent to an activating group) is 1. The van der Waals surface area contributed by atoms with Crippen molar-refractivity contribution < 1.29 is 9.53 Å². The number of carbonyl (C=O) groups excluding carboxylic acids is 1. The van der Waals surface area contributed by atoms with Crippen molar-refractivity contribution in [2.75, 3.05) is 27.7 Å². The average molecular weight is 313 g/mol. The summed E-state index contributed by atoms with van der Waals surface area (Å²) in [6.45, 7) is 0.554. The fourth-order valence-corrected chi connectivity index (χ4v) is 2.36. The monoisotopic (exact) mass is 313 g/mol. The van der Waals surface area contributed by atoms with Crippen LogP contribution in [0.3, 0.4) is 0 Å². The van der Waals surface area contributed by atoms with Crippen molar-refractivity contribution in [3.05, 3.63) is 59.8 Å². The molecule has 1 heterocycles. The summed E-state index contributed by atoms with van der Waals surface area (Å²) < 4.78 is 5.13. The van der Waals surface area contributed by atoms with Gasteiger partial charge in [0.25, 0.3) is 5.91 Å². The molecular weight excluding hydrogens is 290 g/mol. The zero-order valence-corrected chi connectivity index (χ0v) is 13.8. The van der Waals surface area contributed by atoms with Crippen LogP contribution >= 0.6 is 0 Å². The number of benzene rings is 1. The van der Waals surface area contributed by atoms with Crippen molar-refractivity contribution in [3.63, 3.8) is 0 Å². The Bertz CT molecular complexity index is 629. The molecule has 1 aromatic heterocycles. The predicted octanol–water partition coefficient (Wildman–Crippen LogP) is 1.99. The number of methoxy groups -OCH3 is 1. The van der Waals surface area contributed by atoms with Gasteiger partial charge in [-0.15, -0.1) is 0 Å². The van der Waals surface area contributed by atoms with E-state index in [9.17, 15) is 4.79 Å². The maximum absolute atomic E-state index is 12.4. The molecule has 0 saturated heterocycles. The molecule has 1 unspecified atom stereocenters. The molecular formula is C18H23N3O2. The van der Waals surface area contributed by atoms with E-state index in [0.29, 0.717) is 18.0 Å². The number of rotatable bonds is 7. The highest BCUT2D eigenvalue weighted by Crippen LogP contribution is 2.13. The van der Waals surface area contributed by atoms with E-state index in [1.54, 1.807) is 18.3 Å². The van der Waals surface area contributed by atoms with Crippen LogP contribution in [-0.2, 0) is 6.42 Å². The third-order valence-electron chi connectivity index (χ3n) is 3.75. The summed E-state index contributed by atoms with van der Waals surface area (Å²) in [5, 5.41) is 2.97. The Kier molecular flexibility index (Phi) is 6.11. The summed E-state index contributed by atoms with van der Waals surface area (Å²) in [5.41, 5.74) is 1.70. The number of ether oxygens (including phenoxy) is 1. The molecule has 23 heavy (non-hydrogen) atoms. The number of nitrogens with one attached hydrogen (secondary N) is 1. The summed E-state index contributed by atoms with van der Waals surface area (Å²) in [5.74, 6) is 0.171. The first kappa shape index (κ1) is 17.0. The lowest BCUT2D eigenvalue weighted by Gasteiger charge is -2.25. The van der Waals surface area contributed by atoms with Gasteiger partial charge in [-0.1, -0.05) is 30.3 Å². The third kappa shape index (κ3) is 4.79. The molecule has 0 fully saturated rings. The highest BCUT2D eigenvalue weighted by molar-refractivity contribution is 5.96. The van der Waals surface area contributed by atoms with E-state index in [0.717, 1.165) is 6.42 Å². The molecule has 0 radical (unpaired) electrons. The topological polar surface area (TPSA) is 54.5 Å². The van der Waals surface area contributed by atoms with Crippen LogP contribution in [0.25, 0.3) is 0 Å². The smallest absolute Gasteiger partial charge is 0.256 e.